The van der Waals surface area contributed by atoms with Crippen LogP contribution >= 0.6 is 0 Å². The molecule has 114 valence electrons. The molecule has 0 aliphatic carbocycles. The molecule has 0 radical (unpaired) electrons. The summed E-state index contributed by atoms with van der Waals surface area (Å²) in [6.45, 7) is 5.12. The zero-order valence-electron chi connectivity index (χ0n) is 12.3. The minimum atomic E-state index is -1.25. The Bertz CT molecular complexity index is 520. The second kappa shape index (κ2) is 6.88. The number of para-hydroxylation sites is 1. The predicted molar refractivity (Wildman–Crippen MR) is 79.1 cm³/mol. The molecule has 3 N–H and O–H groups in total. The molecule has 0 aliphatic heterocycles. The molecule has 0 bridgehead atoms. The lowest BCUT2D eigenvalue weighted by molar-refractivity contribution is -0.141. The minimum absolute atomic E-state index is 0.227. The molecule has 1 aromatic carbocycles. The van der Waals surface area contributed by atoms with Gasteiger partial charge in [0.05, 0.1) is 0 Å². The van der Waals surface area contributed by atoms with E-state index in [9.17, 15) is 14.4 Å². The summed E-state index contributed by atoms with van der Waals surface area (Å²) in [7, 11) is 0. The largest absolute Gasteiger partial charge is 0.480 e. The summed E-state index contributed by atoms with van der Waals surface area (Å²) >= 11 is 0. The first-order valence-corrected chi connectivity index (χ1v) is 6.59. The number of urea groups is 1. The molecule has 1 rings (SSSR count). The number of rotatable bonds is 5. The number of carbonyl (C=O) groups excluding carboxylic acids is 2. The van der Waals surface area contributed by atoms with Gasteiger partial charge in [-0.3, -0.25) is 4.79 Å². The van der Waals surface area contributed by atoms with Crippen LogP contribution in [0.15, 0.2) is 30.3 Å². The fraction of sp³-hybridized carbons (Fsp3) is 0.400. The van der Waals surface area contributed by atoms with Crippen molar-refractivity contribution in [3.05, 3.63) is 30.3 Å². The lowest BCUT2D eigenvalue weighted by Gasteiger charge is -2.20. The van der Waals surface area contributed by atoms with Crippen molar-refractivity contribution >= 4 is 23.5 Å². The molecule has 0 heterocycles. The molecule has 0 spiro atoms. The number of Topliss-reactive ketones (excluding diaryl/α,β-unsaturated/α-hetero) is 1. The van der Waals surface area contributed by atoms with Crippen molar-refractivity contribution < 1.29 is 19.5 Å². The fourth-order valence-electron chi connectivity index (χ4n) is 1.54. The molecular formula is C15H20N2O4. The van der Waals surface area contributed by atoms with Gasteiger partial charge in [-0.15, -0.1) is 0 Å². The maximum absolute atomic E-state index is 11.9. The summed E-state index contributed by atoms with van der Waals surface area (Å²) in [5.74, 6) is -1.47. The van der Waals surface area contributed by atoms with Gasteiger partial charge < -0.3 is 15.7 Å². The van der Waals surface area contributed by atoms with Crippen molar-refractivity contribution in [3.8, 4) is 0 Å². The Balaban J connectivity index is 2.64. The van der Waals surface area contributed by atoms with Crippen LogP contribution in [0.2, 0.25) is 0 Å². The van der Waals surface area contributed by atoms with Crippen LogP contribution in [0.1, 0.15) is 27.2 Å². The quantitative estimate of drug-likeness (QED) is 0.775. The number of carboxylic acid groups (broad SMARTS) is 1. The van der Waals surface area contributed by atoms with E-state index in [1.165, 1.54) is 0 Å². The molecule has 0 aliphatic rings. The molecule has 1 atom stereocenters. The summed E-state index contributed by atoms with van der Waals surface area (Å²) in [5.41, 5.74) is -0.105. The maximum atomic E-state index is 11.9. The Kier molecular flexibility index (Phi) is 5.46. The zero-order valence-corrected chi connectivity index (χ0v) is 12.3. The van der Waals surface area contributed by atoms with E-state index in [2.05, 4.69) is 10.6 Å². The molecule has 21 heavy (non-hydrogen) atoms. The predicted octanol–water partition coefficient (Wildman–Crippen LogP) is 2.27. The van der Waals surface area contributed by atoms with E-state index in [0.717, 1.165) is 0 Å². The van der Waals surface area contributed by atoms with Gasteiger partial charge in [0.1, 0.15) is 11.8 Å². The second-order valence-electron chi connectivity index (χ2n) is 5.73. The average Bonchev–Trinajstić information content (AvgIpc) is 2.37. The van der Waals surface area contributed by atoms with Gasteiger partial charge in [0.25, 0.3) is 0 Å². The van der Waals surface area contributed by atoms with E-state index in [4.69, 9.17) is 5.11 Å². The standard InChI is InChI=1S/C15H20N2O4/c1-15(2,3)12(18)9-11(13(19)20)17-14(21)16-10-7-5-4-6-8-10/h4-8,11H,9H2,1-3H3,(H,19,20)(H2,16,17,21). The second-order valence-corrected chi connectivity index (χ2v) is 5.73. The number of carbonyl (C=O) groups is 3. The highest BCUT2D eigenvalue weighted by Gasteiger charge is 2.29. The van der Waals surface area contributed by atoms with Gasteiger partial charge in [0.15, 0.2) is 0 Å². The normalized spacial score (nSPS) is 12.3. The number of benzene rings is 1. The third-order valence-electron chi connectivity index (χ3n) is 2.86. The van der Waals surface area contributed by atoms with Gasteiger partial charge in [-0.2, -0.15) is 0 Å². The van der Waals surface area contributed by atoms with Crippen LogP contribution in [-0.2, 0) is 9.59 Å². The Hall–Kier alpha value is -2.37. The van der Waals surface area contributed by atoms with Gasteiger partial charge in [-0.25, -0.2) is 9.59 Å². The molecule has 0 fully saturated rings. The van der Waals surface area contributed by atoms with Crippen molar-refractivity contribution in [3.63, 3.8) is 0 Å². The summed E-state index contributed by atoms with van der Waals surface area (Å²) < 4.78 is 0. The van der Waals surface area contributed by atoms with Crippen LogP contribution in [-0.4, -0.2) is 28.9 Å². The number of ketones is 1. The van der Waals surface area contributed by atoms with E-state index in [0.29, 0.717) is 5.69 Å². The zero-order chi connectivity index (χ0) is 16.0. The minimum Gasteiger partial charge on any atom is -0.480 e. The van der Waals surface area contributed by atoms with Crippen LogP contribution < -0.4 is 10.6 Å². The van der Waals surface area contributed by atoms with Gasteiger partial charge in [0.2, 0.25) is 0 Å². The Labute approximate surface area is 123 Å². The molecular weight excluding hydrogens is 272 g/mol. The van der Waals surface area contributed by atoms with Gasteiger partial charge in [0, 0.05) is 17.5 Å². The number of amides is 2. The Morgan fingerprint density at radius 2 is 1.71 bits per heavy atom. The van der Waals surface area contributed by atoms with Crippen molar-refractivity contribution in [2.24, 2.45) is 5.41 Å². The summed E-state index contributed by atoms with van der Waals surface area (Å²) in [6, 6.07) is 6.73. The van der Waals surface area contributed by atoms with E-state index >= 15 is 0 Å². The molecule has 1 unspecified atom stereocenters. The van der Waals surface area contributed by atoms with Gasteiger partial charge in [-0.05, 0) is 12.1 Å². The number of aliphatic carboxylic acids is 1. The van der Waals surface area contributed by atoms with Crippen molar-refractivity contribution in [2.45, 2.75) is 33.2 Å². The first kappa shape index (κ1) is 16.7. The van der Waals surface area contributed by atoms with E-state index < -0.39 is 23.5 Å². The average molecular weight is 292 g/mol. The van der Waals surface area contributed by atoms with Crippen LogP contribution in [0.5, 0.6) is 0 Å². The lowest BCUT2D eigenvalue weighted by Crippen LogP contribution is -2.45. The summed E-state index contributed by atoms with van der Waals surface area (Å²) in [6.07, 6.45) is -0.249. The maximum Gasteiger partial charge on any atom is 0.326 e. The van der Waals surface area contributed by atoms with Crippen molar-refractivity contribution in [2.75, 3.05) is 5.32 Å². The number of hydrogen-bond acceptors (Lipinski definition) is 3. The highest BCUT2D eigenvalue weighted by molar-refractivity contribution is 5.95. The van der Waals surface area contributed by atoms with E-state index in [1.807, 2.05) is 0 Å². The Morgan fingerprint density at radius 1 is 1.14 bits per heavy atom. The first-order chi connectivity index (χ1) is 9.70. The molecule has 2 amide bonds. The van der Waals surface area contributed by atoms with Crippen LogP contribution in [0.4, 0.5) is 10.5 Å². The lowest BCUT2D eigenvalue weighted by atomic mass is 9.87. The number of anilines is 1. The van der Waals surface area contributed by atoms with Crippen molar-refractivity contribution in [1.29, 1.82) is 0 Å². The van der Waals surface area contributed by atoms with Crippen molar-refractivity contribution in [1.82, 2.24) is 5.32 Å². The van der Waals surface area contributed by atoms with Crippen LogP contribution in [0.3, 0.4) is 0 Å². The molecule has 6 heteroatoms. The highest BCUT2D eigenvalue weighted by atomic mass is 16.4. The number of nitrogens with one attached hydrogen (secondary N) is 2. The smallest absolute Gasteiger partial charge is 0.326 e. The Morgan fingerprint density at radius 3 is 2.19 bits per heavy atom. The van der Waals surface area contributed by atoms with Gasteiger partial charge in [-0.1, -0.05) is 39.0 Å². The summed E-state index contributed by atoms with van der Waals surface area (Å²) in [5, 5.41) is 13.9. The van der Waals surface area contributed by atoms with Gasteiger partial charge >= 0.3 is 12.0 Å². The van der Waals surface area contributed by atoms with Crippen LogP contribution in [0, 0.1) is 5.41 Å². The molecule has 1 aromatic rings. The molecule has 0 aromatic heterocycles. The molecule has 6 nitrogen and oxygen atoms in total. The topological polar surface area (TPSA) is 95.5 Å². The SMILES string of the molecule is CC(C)(C)C(=O)CC(NC(=O)Nc1ccccc1)C(=O)O. The first-order valence-electron chi connectivity index (χ1n) is 6.59. The fourth-order valence-corrected chi connectivity index (χ4v) is 1.54. The molecule has 0 saturated carbocycles. The monoisotopic (exact) mass is 292 g/mol. The number of hydrogen-bond donors (Lipinski definition) is 3. The third kappa shape index (κ3) is 5.64. The highest BCUT2D eigenvalue weighted by Crippen LogP contribution is 2.18. The summed E-state index contributed by atoms with van der Waals surface area (Å²) in [4.78, 5) is 34.8. The van der Waals surface area contributed by atoms with Crippen LogP contribution in [0.25, 0.3) is 0 Å². The molecule has 0 saturated heterocycles. The number of carboxylic acids is 1. The van der Waals surface area contributed by atoms with E-state index in [-0.39, 0.29) is 12.2 Å². The third-order valence-corrected chi connectivity index (χ3v) is 2.86. The van der Waals surface area contributed by atoms with E-state index in [1.54, 1.807) is 51.1 Å².